The second kappa shape index (κ2) is 7.55. The fourth-order valence-electron chi connectivity index (χ4n) is 3.42. The number of anilines is 1. The van der Waals surface area contributed by atoms with Crippen molar-refractivity contribution in [2.45, 2.75) is 25.2 Å². The van der Waals surface area contributed by atoms with Crippen LogP contribution in [0.2, 0.25) is 0 Å². The van der Waals surface area contributed by atoms with E-state index in [4.69, 9.17) is 0 Å². The van der Waals surface area contributed by atoms with Gasteiger partial charge >= 0.3 is 0 Å². The molecule has 0 spiro atoms. The van der Waals surface area contributed by atoms with Crippen molar-refractivity contribution in [2.75, 3.05) is 24.2 Å². The Hall–Kier alpha value is -2.25. The predicted molar refractivity (Wildman–Crippen MR) is 101 cm³/mol. The number of carbonyl (C=O) groups is 1. The summed E-state index contributed by atoms with van der Waals surface area (Å²) in [6.07, 6.45) is 4.16. The molecule has 1 aliphatic heterocycles. The van der Waals surface area contributed by atoms with Crippen molar-refractivity contribution in [3.8, 4) is 0 Å². The van der Waals surface area contributed by atoms with Crippen LogP contribution in [0.4, 0.5) is 5.69 Å². The Bertz CT molecular complexity index is 846. The number of pyridine rings is 1. The normalized spacial score (nSPS) is 17.6. The van der Waals surface area contributed by atoms with Crippen LogP contribution < -0.4 is 5.32 Å². The molecule has 138 valence electrons. The highest BCUT2D eigenvalue weighted by molar-refractivity contribution is 7.89. The topological polar surface area (TPSA) is 79.4 Å². The molecule has 0 unspecified atom stereocenters. The predicted octanol–water partition coefficient (Wildman–Crippen LogP) is 2.40. The number of benzene rings is 1. The molecule has 2 aromatic rings. The van der Waals surface area contributed by atoms with Gasteiger partial charge in [0.15, 0.2) is 0 Å². The van der Waals surface area contributed by atoms with Crippen LogP contribution in [-0.2, 0) is 20.2 Å². The Kier molecular flexibility index (Phi) is 5.38. The summed E-state index contributed by atoms with van der Waals surface area (Å²) < 4.78 is 25.9. The maximum absolute atomic E-state index is 13.2. The highest BCUT2D eigenvalue weighted by atomic mass is 32.2. The van der Waals surface area contributed by atoms with Crippen molar-refractivity contribution < 1.29 is 13.2 Å². The zero-order chi connectivity index (χ0) is 18.6. The molecule has 6 nitrogen and oxygen atoms in total. The lowest BCUT2D eigenvalue weighted by molar-refractivity contribution is -0.123. The Morgan fingerprint density at radius 3 is 2.31 bits per heavy atom. The van der Waals surface area contributed by atoms with Crippen LogP contribution >= 0.6 is 0 Å². The minimum absolute atomic E-state index is 0.0779. The molecule has 2 heterocycles. The molecule has 26 heavy (non-hydrogen) atoms. The number of nitrogens with one attached hydrogen (secondary N) is 1. The van der Waals surface area contributed by atoms with Gasteiger partial charge in [0.25, 0.3) is 0 Å². The van der Waals surface area contributed by atoms with Crippen LogP contribution in [0.5, 0.6) is 0 Å². The number of nitrogens with zero attached hydrogens (tertiary/aromatic N) is 2. The highest BCUT2D eigenvalue weighted by Gasteiger charge is 2.44. The third-order valence-corrected chi connectivity index (χ3v) is 6.91. The summed E-state index contributed by atoms with van der Waals surface area (Å²) >= 11 is 0. The Morgan fingerprint density at radius 1 is 1.12 bits per heavy atom. The molecule has 7 heteroatoms. The first-order valence-corrected chi connectivity index (χ1v) is 10.3. The van der Waals surface area contributed by atoms with Crippen LogP contribution in [0.1, 0.15) is 25.3 Å². The van der Waals surface area contributed by atoms with E-state index in [0.717, 1.165) is 5.56 Å². The number of rotatable bonds is 5. The van der Waals surface area contributed by atoms with Gasteiger partial charge in [-0.15, -0.1) is 0 Å². The molecule has 0 aliphatic carbocycles. The number of amides is 1. The Balaban J connectivity index is 1.89. The van der Waals surface area contributed by atoms with E-state index >= 15 is 0 Å². The van der Waals surface area contributed by atoms with E-state index in [9.17, 15) is 13.2 Å². The fraction of sp³-hybridized carbons (Fsp3) is 0.368. The summed E-state index contributed by atoms with van der Waals surface area (Å²) in [4.78, 5) is 17.2. The molecule has 0 atom stereocenters. The smallest absolute Gasteiger partial charge is 0.235 e. The summed E-state index contributed by atoms with van der Waals surface area (Å²) in [5, 5.41) is 2.97. The molecule has 1 aromatic carbocycles. The molecule has 1 saturated heterocycles. The largest absolute Gasteiger partial charge is 0.325 e. The second-order valence-electron chi connectivity index (χ2n) is 6.44. The lowest BCUT2D eigenvalue weighted by Crippen LogP contribution is -2.51. The second-order valence-corrected chi connectivity index (χ2v) is 8.70. The van der Waals surface area contributed by atoms with Crippen LogP contribution in [0, 0.1) is 0 Å². The minimum atomic E-state index is -3.24. The van der Waals surface area contributed by atoms with Crippen molar-refractivity contribution >= 4 is 21.6 Å². The van der Waals surface area contributed by atoms with Gasteiger partial charge in [-0.2, -0.15) is 0 Å². The van der Waals surface area contributed by atoms with Gasteiger partial charge in [-0.1, -0.05) is 30.3 Å². The Labute approximate surface area is 154 Å². The first-order chi connectivity index (χ1) is 12.5. The molecule has 1 fully saturated rings. The maximum atomic E-state index is 13.2. The number of hydrogen-bond acceptors (Lipinski definition) is 4. The summed E-state index contributed by atoms with van der Waals surface area (Å²) in [7, 11) is -3.24. The quantitative estimate of drug-likeness (QED) is 0.873. The molecular formula is C19H23N3O3S. The van der Waals surface area contributed by atoms with Gasteiger partial charge in [-0.25, -0.2) is 12.7 Å². The van der Waals surface area contributed by atoms with E-state index in [0.29, 0.717) is 31.6 Å². The zero-order valence-electron chi connectivity index (χ0n) is 14.8. The summed E-state index contributed by atoms with van der Waals surface area (Å²) in [5.41, 5.74) is 0.855. The van der Waals surface area contributed by atoms with Gasteiger partial charge in [-0.05, 0) is 37.5 Å². The lowest BCUT2D eigenvalue weighted by atomic mass is 9.72. The molecule has 3 rings (SSSR count). The SMILES string of the molecule is CCS(=O)(=O)N1CCC(C(=O)Nc2ccncc2)(c2ccccc2)CC1. The lowest BCUT2D eigenvalue weighted by Gasteiger charge is -2.40. The average Bonchev–Trinajstić information content (AvgIpc) is 2.69. The van der Waals surface area contributed by atoms with E-state index < -0.39 is 15.4 Å². The molecule has 1 aliphatic rings. The molecule has 1 amide bonds. The van der Waals surface area contributed by atoms with Gasteiger partial charge in [0.2, 0.25) is 15.9 Å². The molecule has 0 saturated carbocycles. The number of carbonyl (C=O) groups excluding carboxylic acids is 1. The van der Waals surface area contributed by atoms with Crippen LogP contribution in [-0.4, -0.2) is 42.5 Å². The van der Waals surface area contributed by atoms with Gasteiger partial charge in [0.05, 0.1) is 11.2 Å². The third kappa shape index (κ3) is 3.64. The van der Waals surface area contributed by atoms with E-state index in [1.165, 1.54) is 4.31 Å². The van der Waals surface area contributed by atoms with Crippen molar-refractivity contribution in [2.24, 2.45) is 0 Å². The molecular weight excluding hydrogens is 350 g/mol. The average molecular weight is 373 g/mol. The zero-order valence-corrected chi connectivity index (χ0v) is 15.6. The standard InChI is InChI=1S/C19H23N3O3S/c1-2-26(24,25)22-14-10-19(11-15-22,16-6-4-3-5-7-16)18(23)21-17-8-12-20-13-9-17/h3-9,12-13H,2,10-11,14-15H2,1H3,(H,20,21,23). The molecule has 0 radical (unpaired) electrons. The van der Waals surface area contributed by atoms with E-state index in [-0.39, 0.29) is 11.7 Å². The van der Waals surface area contributed by atoms with Gasteiger partial charge in [0, 0.05) is 31.2 Å². The van der Waals surface area contributed by atoms with Crippen LogP contribution in [0.3, 0.4) is 0 Å². The molecule has 1 aromatic heterocycles. The number of hydrogen-bond donors (Lipinski definition) is 1. The van der Waals surface area contributed by atoms with Crippen molar-refractivity contribution in [3.63, 3.8) is 0 Å². The summed E-state index contributed by atoms with van der Waals surface area (Å²) in [6, 6.07) is 13.1. The van der Waals surface area contributed by atoms with Gasteiger partial charge in [-0.3, -0.25) is 9.78 Å². The van der Waals surface area contributed by atoms with Crippen LogP contribution in [0.15, 0.2) is 54.9 Å². The number of piperidine rings is 1. The highest BCUT2D eigenvalue weighted by Crippen LogP contribution is 2.37. The number of aromatic nitrogens is 1. The van der Waals surface area contributed by atoms with Crippen molar-refractivity contribution in [3.05, 3.63) is 60.4 Å². The van der Waals surface area contributed by atoms with E-state index in [1.54, 1.807) is 31.5 Å². The number of sulfonamides is 1. The third-order valence-electron chi connectivity index (χ3n) is 5.03. The maximum Gasteiger partial charge on any atom is 0.235 e. The summed E-state index contributed by atoms with van der Waals surface area (Å²) in [5.74, 6) is -0.0300. The van der Waals surface area contributed by atoms with Crippen molar-refractivity contribution in [1.82, 2.24) is 9.29 Å². The van der Waals surface area contributed by atoms with Crippen molar-refractivity contribution in [1.29, 1.82) is 0 Å². The molecule has 0 bridgehead atoms. The van der Waals surface area contributed by atoms with E-state index in [2.05, 4.69) is 10.3 Å². The fourth-order valence-corrected chi connectivity index (χ4v) is 4.52. The van der Waals surface area contributed by atoms with Crippen LogP contribution in [0.25, 0.3) is 0 Å². The molecule has 1 N–H and O–H groups in total. The van der Waals surface area contributed by atoms with Gasteiger partial charge < -0.3 is 5.32 Å². The minimum Gasteiger partial charge on any atom is -0.325 e. The summed E-state index contributed by atoms with van der Waals surface area (Å²) in [6.45, 7) is 2.33. The Morgan fingerprint density at radius 2 is 1.73 bits per heavy atom. The van der Waals surface area contributed by atoms with E-state index in [1.807, 2.05) is 30.3 Å². The van der Waals surface area contributed by atoms with Gasteiger partial charge in [0.1, 0.15) is 0 Å². The first kappa shape index (κ1) is 18.5. The first-order valence-electron chi connectivity index (χ1n) is 8.73. The monoisotopic (exact) mass is 373 g/mol.